The van der Waals surface area contributed by atoms with Crippen LogP contribution >= 0.6 is 0 Å². The second-order valence-electron chi connectivity index (χ2n) is 14.5. The highest BCUT2D eigenvalue weighted by Crippen LogP contribution is 2.42. The zero-order valence-corrected chi connectivity index (χ0v) is 31.0. The van der Waals surface area contributed by atoms with E-state index in [2.05, 4.69) is 28.1 Å². The number of hydrogen-bond donors (Lipinski definition) is 0. The van der Waals surface area contributed by atoms with Crippen molar-refractivity contribution in [3.63, 3.8) is 0 Å². The monoisotopic (exact) mass is 740 g/mol. The molecule has 12 heteroatoms. The van der Waals surface area contributed by atoms with Crippen LogP contribution in [0.5, 0.6) is 11.5 Å². The molecular formula is C43H41FN6O5. The van der Waals surface area contributed by atoms with E-state index in [9.17, 15) is 9.18 Å². The molecule has 0 saturated carbocycles. The highest BCUT2D eigenvalue weighted by atomic mass is 19.1. The number of benzene rings is 3. The Hall–Kier alpha value is -5.98. The lowest BCUT2D eigenvalue weighted by molar-refractivity contribution is 0.0193. The van der Waals surface area contributed by atoms with Gasteiger partial charge in [0.1, 0.15) is 11.5 Å². The zero-order chi connectivity index (χ0) is 37.8. The first-order chi connectivity index (χ1) is 26.7. The van der Waals surface area contributed by atoms with Crippen molar-refractivity contribution < 1.29 is 28.2 Å². The Balaban J connectivity index is 1.13. The Bertz CT molecular complexity index is 2450. The highest BCUT2D eigenvalue weighted by Gasteiger charge is 2.35. The number of ether oxygens (including phenoxy) is 3. The van der Waals surface area contributed by atoms with E-state index in [0.717, 1.165) is 42.7 Å². The third kappa shape index (κ3) is 6.30. The molecule has 1 fully saturated rings. The average molecular weight is 741 g/mol. The van der Waals surface area contributed by atoms with Gasteiger partial charge >= 0.3 is 0 Å². The van der Waals surface area contributed by atoms with Gasteiger partial charge in [-0.3, -0.25) is 19.4 Å². The molecule has 6 heterocycles. The van der Waals surface area contributed by atoms with Crippen molar-refractivity contribution in [3.05, 3.63) is 125 Å². The molecule has 1 saturated heterocycles. The summed E-state index contributed by atoms with van der Waals surface area (Å²) >= 11 is 0. The number of fused-ring (bicyclic) bond motifs is 3. The van der Waals surface area contributed by atoms with Crippen LogP contribution in [0.3, 0.4) is 0 Å². The third-order valence-electron chi connectivity index (χ3n) is 11.2. The molecule has 6 aromatic rings. The summed E-state index contributed by atoms with van der Waals surface area (Å²) in [6.07, 6.45) is 4.31. The molecule has 1 atom stereocenters. The van der Waals surface area contributed by atoms with Crippen molar-refractivity contribution in [3.8, 4) is 22.8 Å². The van der Waals surface area contributed by atoms with Crippen molar-refractivity contribution >= 4 is 34.2 Å². The topological polar surface area (TPSA) is 94.3 Å². The molecule has 0 spiro atoms. The first kappa shape index (κ1) is 34.8. The lowest BCUT2D eigenvalue weighted by Crippen LogP contribution is -2.52. The molecule has 3 aliphatic heterocycles. The zero-order valence-electron chi connectivity index (χ0n) is 31.0. The first-order valence-electron chi connectivity index (χ1n) is 18.5. The maximum absolute atomic E-state index is 15.1. The standard InChI is InChI=1S/C43H41FN6O5/c1-27-35(43(52)50(32-10-8-31(44)9-11-32)33-19-29-12-13-46(2)41(29)45-23-33)20-38(47(27)3)36-21-39-40(55-26-54-39)22-37(36)42(51)49-24-30-7-5-4-6-28(30)18-34(49)25-48-14-16-53-17-15-48/h4-13,19-23,34H,14-18,24-26H2,1-3H3/t34-/m0/s1. The number of rotatable bonds is 7. The smallest absolute Gasteiger partial charge is 0.264 e. The summed E-state index contributed by atoms with van der Waals surface area (Å²) in [6.45, 7) is 6.12. The summed E-state index contributed by atoms with van der Waals surface area (Å²) in [7, 11) is 3.80. The number of anilines is 2. The van der Waals surface area contributed by atoms with Crippen LogP contribution in [0.25, 0.3) is 22.3 Å². The Morgan fingerprint density at radius 2 is 1.64 bits per heavy atom. The summed E-state index contributed by atoms with van der Waals surface area (Å²) in [6, 6.07) is 23.4. The van der Waals surface area contributed by atoms with Gasteiger partial charge in [0.25, 0.3) is 11.8 Å². The summed E-state index contributed by atoms with van der Waals surface area (Å²) in [5.74, 6) is 0.179. The summed E-state index contributed by atoms with van der Waals surface area (Å²) in [4.78, 5) is 40.5. The quantitative estimate of drug-likeness (QED) is 0.181. The molecule has 9 rings (SSSR count). The van der Waals surface area contributed by atoms with Crippen LogP contribution in [0, 0.1) is 12.7 Å². The fourth-order valence-electron chi connectivity index (χ4n) is 8.09. The van der Waals surface area contributed by atoms with Gasteiger partial charge in [-0.05, 0) is 79.1 Å². The molecule has 3 aromatic carbocycles. The molecular weight excluding hydrogens is 700 g/mol. The number of pyridine rings is 1. The fraction of sp³-hybridized carbons (Fsp3) is 0.279. The maximum atomic E-state index is 15.1. The predicted molar refractivity (Wildman–Crippen MR) is 206 cm³/mol. The number of carbonyl (C=O) groups excluding carboxylic acids is 2. The van der Waals surface area contributed by atoms with Crippen molar-refractivity contribution in [2.75, 3.05) is 44.5 Å². The lowest BCUT2D eigenvalue weighted by Gasteiger charge is -2.40. The van der Waals surface area contributed by atoms with E-state index >= 15 is 4.79 Å². The number of nitrogens with zero attached hydrogens (tertiary/aromatic N) is 6. The number of carbonyl (C=O) groups is 2. The number of morpholine rings is 1. The lowest BCUT2D eigenvalue weighted by atomic mass is 9.92. The molecule has 2 amide bonds. The Labute approximate surface area is 318 Å². The third-order valence-corrected chi connectivity index (χ3v) is 11.2. The van der Waals surface area contributed by atoms with Crippen LogP contribution in [-0.2, 0) is 31.8 Å². The highest BCUT2D eigenvalue weighted by molar-refractivity contribution is 6.13. The van der Waals surface area contributed by atoms with Crippen molar-refractivity contribution in [1.82, 2.24) is 23.9 Å². The number of aryl methyl sites for hydroxylation is 1. The van der Waals surface area contributed by atoms with Gasteiger partial charge in [-0.15, -0.1) is 0 Å². The van der Waals surface area contributed by atoms with Gasteiger partial charge in [0.15, 0.2) is 11.5 Å². The second kappa shape index (κ2) is 14.0. The summed E-state index contributed by atoms with van der Waals surface area (Å²) in [5, 5.41) is 0.862. The molecule has 0 bridgehead atoms. The second-order valence-corrected chi connectivity index (χ2v) is 14.5. The van der Waals surface area contributed by atoms with Gasteiger partial charge < -0.3 is 28.2 Å². The van der Waals surface area contributed by atoms with Gasteiger partial charge in [-0.1, -0.05) is 24.3 Å². The predicted octanol–water partition coefficient (Wildman–Crippen LogP) is 6.63. The van der Waals surface area contributed by atoms with E-state index in [0.29, 0.717) is 70.7 Å². The van der Waals surface area contributed by atoms with Crippen LogP contribution in [-0.4, -0.2) is 81.4 Å². The largest absolute Gasteiger partial charge is 0.454 e. The van der Waals surface area contributed by atoms with Gasteiger partial charge in [0, 0.05) is 80.5 Å². The number of amides is 2. The Morgan fingerprint density at radius 1 is 0.891 bits per heavy atom. The van der Waals surface area contributed by atoms with E-state index in [1.54, 1.807) is 29.3 Å². The van der Waals surface area contributed by atoms with E-state index in [-0.39, 0.29) is 24.6 Å². The van der Waals surface area contributed by atoms with Crippen LogP contribution in [0.15, 0.2) is 91.3 Å². The number of hydrogen-bond acceptors (Lipinski definition) is 7. The number of halogens is 1. The average Bonchev–Trinajstić information content (AvgIpc) is 3.91. The SMILES string of the molecule is Cc1c(C(=O)N(c2ccc(F)cc2)c2cnc3c(ccn3C)c2)cc(-c2cc3c(cc2C(=O)N2Cc4ccccc4C[C@H]2CN2CCOCC2)OCO3)n1C. The molecule has 0 N–H and O–H groups in total. The van der Waals surface area contributed by atoms with Gasteiger partial charge in [-0.2, -0.15) is 0 Å². The molecule has 280 valence electrons. The molecule has 0 unspecified atom stereocenters. The van der Waals surface area contributed by atoms with E-state index in [1.165, 1.54) is 17.7 Å². The summed E-state index contributed by atoms with van der Waals surface area (Å²) < 4.78 is 35.3. The Kier molecular flexibility index (Phi) is 8.86. The van der Waals surface area contributed by atoms with Gasteiger partial charge in [0.2, 0.25) is 6.79 Å². The summed E-state index contributed by atoms with van der Waals surface area (Å²) in [5.41, 5.74) is 7.05. The minimum Gasteiger partial charge on any atom is -0.454 e. The number of aromatic nitrogens is 3. The fourth-order valence-corrected chi connectivity index (χ4v) is 8.09. The first-order valence-corrected chi connectivity index (χ1v) is 18.5. The van der Waals surface area contributed by atoms with E-state index in [4.69, 9.17) is 14.2 Å². The van der Waals surface area contributed by atoms with Crippen molar-refractivity contribution in [2.24, 2.45) is 14.1 Å². The molecule has 3 aromatic heterocycles. The molecule has 11 nitrogen and oxygen atoms in total. The van der Waals surface area contributed by atoms with Crippen molar-refractivity contribution in [2.45, 2.75) is 25.9 Å². The molecule has 0 radical (unpaired) electrons. The molecule has 55 heavy (non-hydrogen) atoms. The van der Waals surface area contributed by atoms with E-state index in [1.807, 2.05) is 71.6 Å². The van der Waals surface area contributed by atoms with E-state index < -0.39 is 5.82 Å². The van der Waals surface area contributed by atoms with Crippen LogP contribution in [0.2, 0.25) is 0 Å². The minimum absolute atomic E-state index is 0.0471. The van der Waals surface area contributed by atoms with Crippen LogP contribution in [0.1, 0.15) is 37.5 Å². The molecule has 3 aliphatic rings. The minimum atomic E-state index is -0.407. The van der Waals surface area contributed by atoms with Gasteiger partial charge in [0.05, 0.1) is 36.2 Å². The van der Waals surface area contributed by atoms with Gasteiger partial charge in [-0.25, -0.2) is 9.37 Å². The normalized spacial score (nSPS) is 16.7. The van der Waals surface area contributed by atoms with Crippen molar-refractivity contribution in [1.29, 1.82) is 0 Å². The Morgan fingerprint density at radius 3 is 2.42 bits per heavy atom. The molecule has 0 aliphatic carbocycles. The van der Waals surface area contributed by atoms with Crippen LogP contribution < -0.4 is 14.4 Å². The maximum Gasteiger partial charge on any atom is 0.264 e. The van der Waals surface area contributed by atoms with Crippen LogP contribution in [0.4, 0.5) is 15.8 Å².